The van der Waals surface area contributed by atoms with Crippen LogP contribution in [0.15, 0.2) is 47.4 Å². The molecule has 0 saturated carbocycles. The highest BCUT2D eigenvalue weighted by atomic mass is 32.1. The van der Waals surface area contributed by atoms with Gasteiger partial charge in [0.2, 0.25) is 0 Å². The molecule has 102 valence electrons. The molecule has 0 aliphatic heterocycles. The molecule has 20 heavy (non-hydrogen) atoms. The fraction of sp³-hybridized carbons (Fsp3) is 0.235. The zero-order valence-corrected chi connectivity index (χ0v) is 12.6. The molecular formula is C17H18N2S. The van der Waals surface area contributed by atoms with Crippen LogP contribution in [0.4, 0.5) is 0 Å². The number of thiophene rings is 1. The van der Waals surface area contributed by atoms with Crippen LogP contribution < -0.4 is 5.32 Å². The Morgan fingerprint density at radius 1 is 1.20 bits per heavy atom. The van der Waals surface area contributed by atoms with Gasteiger partial charge < -0.3 is 5.32 Å². The van der Waals surface area contributed by atoms with E-state index in [2.05, 4.69) is 59.2 Å². The third-order valence-electron chi connectivity index (χ3n) is 3.64. The van der Waals surface area contributed by atoms with E-state index in [0.717, 1.165) is 6.54 Å². The Labute approximate surface area is 123 Å². The molecule has 0 spiro atoms. The predicted molar refractivity (Wildman–Crippen MR) is 86.3 cm³/mol. The minimum absolute atomic E-state index is 0.248. The highest BCUT2D eigenvalue weighted by molar-refractivity contribution is 7.08. The third kappa shape index (κ3) is 2.35. The Hall–Kier alpha value is -1.71. The van der Waals surface area contributed by atoms with Gasteiger partial charge in [0, 0.05) is 17.8 Å². The lowest BCUT2D eigenvalue weighted by molar-refractivity contribution is 0.633. The Morgan fingerprint density at radius 3 is 2.85 bits per heavy atom. The maximum Gasteiger partial charge on any atom is 0.0593 e. The highest BCUT2D eigenvalue weighted by Gasteiger charge is 2.17. The number of nitrogens with one attached hydrogen (secondary N) is 1. The molecule has 0 aliphatic carbocycles. The summed E-state index contributed by atoms with van der Waals surface area (Å²) in [5, 5.41) is 10.6. The largest absolute Gasteiger partial charge is 0.306 e. The average molecular weight is 282 g/mol. The number of rotatable bonds is 4. The van der Waals surface area contributed by atoms with Crippen molar-refractivity contribution in [3.05, 3.63) is 64.1 Å². The molecule has 2 heterocycles. The SMILES string of the molecule is CCNC(c1cscc1C)c1cccc2cnccc12. The monoisotopic (exact) mass is 282 g/mol. The van der Waals surface area contributed by atoms with Crippen LogP contribution in [0.25, 0.3) is 10.8 Å². The lowest BCUT2D eigenvalue weighted by atomic mass is 9.94. The number of pyridine rings is 1. The first-order valence-electron chi connectivity index (χ1n) is 6.90. The summed E-state index contributed by atoms with van der Waals surface area (Å²) in [6.45, 7) is 5.28. The topological polar surface area (TPSA) is 24.9 Å². The molecule has 0 aliphatic rings. The number of hydrogen-bond donors (Lipinski definition) is 1. The first-order valence-corrected chi connectivity index (χ1v) is 7.84. The minimum atomic E-state index is 0.248. The molecule has 3 heteroatoms. The van der Waals surface area contributed by atoms with Gasteiger partial charge in [0.25, 0.3) is 0 Å². The van der Waals surface area contributed by atoms with Crippen molar-refractivity contribution in [3.8, 4) is 0 Å². The van der Waals surface area contributed by atoms with E-state index in [1.807, 2.05) is 12.4 Å². The summed E-state index contributed by atoms with van der Waals surface area (Å²) in [6, 6.07) is 8.81. The van der Waals surface area contributed by atoms with Gasteiger partial charge in [0.05, 0.1) is 6.04 Å². The lowest BCUT2D eigenvalue weighted by Crippen LogP contribution is -2.22. The van der Waals surface area contributed by atoms with Gasteiger partial charge in [-0.15, -0.1) is 0 Å². The van der Waals surface area contributed by atoms with E-state index in [4.69, 9.17) is 0 Å². The first kappa shape index (κ1) is 13.3. The van der Waals surface area contributed by atoms with Gasteiger partial charge in [-0.2, -0.15) is 11.3 Å². The first-order chi connectivity index (χ1) is 9.81. The molecule has 0 fully saturated rings. The summed E-state index contributed by atoms with van der Waals surface area (Å²) in [5.74, 6) is 0. The molecule has 1 aromatic carbocycles. The van der Waals surface area contributed by atoms with E-state index in [9.17, 15) is 0 Å². The number of benzene rings is 1. The summed E-state index contributed by atoms with van der Waals surface area (Å²) >= 11 is 1.77. The van der Waals surface area contributed by atoms with Crippen LogP contribution in [0.1, 0.15) is 29.7 Å². The van der Waals surface area contributed by atoms with Crippen molar-refractivity contribution in [1.29, 1.82) is 0 Å². The smallest absolute Gasteiger partial charge is 0.0593 e. The van der Waals surface area contributed by atoms with E-state index in [1.165, 1.54) is 27.5 Å². The number of hydrogen-bond acceptors (Lipinski definition) is 3. The molecule has 2 nitrogen and oxygen atoms in total. The lowest BCUT2D eigenvalue weighted by Gasteiger charge is -2.20. The molecule has 0 radical (unpaired) electrons. The molecular weight excluding hydrogens is 264 g/mol. The van der Waals surface area contributed by atoms with Crippen molar-refractivity contribution in [2.24, 2.45) is 0 Å². The number of aromatic nitrogens is 1. The van der Waals surface area contributed by atoms with Crippen LogP contribution in [0, 0.1) is 6.92 Å². The van der Waals surface area contributed by atoms with Gasteiger partial charge in [-0.25, -0.2) is 0 Å². The maximum absolute atomic E-state index is 4.22. The molecule has 1 unspecified atom stereocenters. The average Bonchev–Trinajstić information content (AvgIpc) is 2.90. The van der Waals surface area contributed by atoms with E-state index in [0.29, 0.717) is 0 Å². The number of aryl methyl sites for hydroxylation is 1. The summed E-state index contributed by atoms with van der Waals surface area (Å²) in [6.07, 6.45) is 3.80. The van der Waals surface area contributed by atoms with Crippen molar-refractivity contribution >= 4 is 22.1 Å². The van der Waals surface area contributed by atoms with E-state index >= 15 is 0 Å². The van der Waals surface area contributed by atoms with Crippen LogP contribution in [0.5, 0.6) is 0 Å². The van der Waals surface area contributed by atoms with Crippen molar-refractivity contribution in [2.45, 2.75) is 19.9 Å². The van der Waals surface area contributed by atoms with Crippen LogP contribution in [-0.2, 0) is 0 Å². The summed E-state index contributed by atoms with van der Waals surface area (Å²) in [5.41, 5.74) is 4.06. The number of nitrogens with zero attached hydrogens (tertiary/aromatic N) is 1. The third-order valence-corrected chi connectivity index (χ3v) is 4.52. The highest BCUT2D eigenvalue weighted by Crippen LogP contribution is 2.31. The molecule has 3 aromatic rings. The quantitative estimate of drug-likeness (QED) is 0.771. The van der Waals surface area contributed by atoms with Gasteiger partial charge in [0.1, 0.15) is 0 Å². The summed E-state index contributed by atoms with van der Waals surface area (Å²) in [7, 11) is 0. The Bertz CT molecular complexity index is 712. The van der Waals surface area contributed by atoms with Gasteiger partial charge in [-0.05, 0) is 52.4 Å². The second-order valence-corrected chi connectivity index (χ2v) is 5.69. The van der Waals surface area contributed by atoms with Crippen molar-refractivity contribution in [3.63, 3.8) is 0 Å². The fourth-order valence-corrected chi connectivity index (χ4v) is 3.53. The van der Waals surface area contributed by atoms with Gasteiger partial charge in [-0.3, -0.25) is 4.98 Å². The molecule has 0 amide bonds. The molecule has 1 N–H and O–H groups in total. The molecule has 0 saturated heterocycles. The van der Waals surface area contributed by atoms with Gasteiger partial charge >= 0.3 is 0 Å². The summed E-state index contributed by atoms with van der Waals surface area (Å²) < 4.78 is 0. The standard InChI is InChI=1S/C17H18N2S/c1-3-19-17(16-11-20-10-12(16)2)15-6-4-5-13-9-18-8-7-14(13)15/h4-11,17,19H,3H2,1-2H3. The Morgan fingerprint density at radius 2 is 2.10 bits per heavy atom. The zero-order valence-electron chi connectivity index (χ0n) is 11.8. The second kappa shape index (κ2) is 5.73. The van der Waals surface area contributed by atoms with Crippen LogP contribution in [-0.4, -0.2) is 11.5 Å². The predicted octanol–water partition coefficient (Wildman–Crippen LogP) is 4.30. The minimum Gasteiger partial charge on any atom is -0.306 e. The normalized spacial score (nSPS) is 12.7. The van der Waals surface area contributed by atoms with Crippen molar-refractivity contribution in [1.82, 2.24) is 10.3 Å². The van der Waals surface area contributed by atoms with Crippen molar-refractivity contribution < 1.29 is 0 Å². The molecule has 3 rings (SSSR count). The molecule has 1 atom stereocenters. The van der Waals surface area contributed by atoms with Crippen LogP contribution in [0.3, 0.4) is 0 Å². The zero-order chi connectivity index (χ0) is 13.9. The summed E-state index contributed by atoms with van der Waals surface area (Å²) in [4.78, 5) is 4.22. The molecule has 0 bridgehead atoms. The Kier molecular flexibility index (Phi) is 3.81. The molecule has 2 aromatic heterocycles. The van der Waals surface area contributed by atoms with E-state index in [-0.39, 0.29) is 6.04 Å². The van der Waals surface area contributed by atoms with Gasteiger partial charge in [-0.1, -0.05) is 25.1 Å². The second-order valence-electron chi connectivity index (χ2n) is 4.94. The van der Waals surface area contributed by atoms with Crippen LogP contribution >= 0.6 is 11.3 Å². The van der Waals surface area contributed by atoms with Crippen LogP contribution in [0.2, 0.25) is 0 Å². The fourth-order valence-electron chi connectivity index (χ4n) is 2.66. The number of fused-ring (bicyclic) bond motifs is 1. The van der Waals surface area contributed by atoms with Gasteiger partial charge in [0.15, 0.2) is 0 Å². The Balaban J connectivity index is 2.17. The maximum atomic E-state index is 4.22. The van der Waals surface area contributed by atoms with E-state index < -0.39 is 0 Å². The van der Waals surface area contributed by atoms with E-state index in [1.54, 1.807) is 11.3 Å². The van der Waals surface area contributed by atoms with Crippen molar-refractivity contribution in [2.75, 3.05) is 6.54 Å².